The molecule has 2 unspecified atom stereocenters. The summed E-state index contributed by atoms with van der Waals surface area (Å²) >= 11 is 1.78. The van der Waals surface area contributed by atoms with Crippen LogP contribution in [-0.4, -0.2) is 41.0 Å². The molecule has 5 rings (SSSR count). The van der Waals surface area contributed by atoms with Gasteiger partial charge in [0.15, 0.2) is 4.34 Å². The molecule has 4 nitrogen and oxygen atoms in total. The van der Waals surface area contributed by atoms with Gasteiger partial charge in [0.25, 0.3) is 5.91 Å². The van der Waals surface area contributed by atoms with Crippen LogP contribution in [0, 0.1) is 5.92 Å². The Morgan fingerprint density at radius 1 is 1.25 bits per heavy atom. The number of hydrogen-bond acceptors (Lipinski definition) is 5. The van der Waals surface area contributed by atoms with Gasteiger partial charge in [-0.15, -0.1) is 11.3 Å². The summed E-state index contributed by atoms with van der Waals surface area (Å²) in [7, 11) is 0. The van der Waals surface area contributed by atoms with Gasteiger partial charge in [-0.3, -0.25) is 9.69 Å². The summed E-state index contributed by atoms with van der Waals surface area (Å²) in [6, 6.07) is 7.42. The van der Waals surface area contributed by atoms with E-state index in [0.717, 1.165) is 48.8 Å². The van der Waals surface area contributed by atoms with Crippen LogP contribution < -0.4 is 5.32 Å². The molecular weight excluding hydrogens is 407 g/mol. The molecule has 3 aliphatic heterocycles. The molecule has 0 radical (unpaired) electrons. The van der Waals surface area contributed by atoms with Gasteiger partial charge in [0, 0.05) is 22.5 Å². The molecule has 0 aliphatic carbocycles. The van der Waals surface area contributed by atoms with E-state index in [1.807, 2.05) is 0 Å². The molecule has 2 bridgehead atoms. The maximum Gasteiger partial charge on any atom is 0.427 e. The van der Waals surface area contributed by atoms with Crippen molar-refractivity contribution in [2.24, 2.45) is 5.92 Å². The van der Waals surface area contributed by atoms with Gasteiger partial charge in [0.2, 0.25) is 0 Å². The molecule has 3 fully saturated rings. The molecule has 1 N–H and O–H groups in total. The highest BCUT2D eigenvalue weighted by molar-refractivity contribution is 8.01. The van der Waals surface area contributed by atoms with Crippen molar-refractivity contribution < 1.29 is 18.0 Å². The number of benzene rings is 1. The minimum atomic E-state index is -4.37. The highest BCUT2D eigenvalue weighted by Crippen LogP contribution is 2.38. The van der Waals surface area contributed by atoms with Crippen molar-refractivity contribution in [1.82, 2.24) is 15.2 Å². The summed E-state index contributed by atoms with van der Waals surface area (Å²) in [6.45, 7) is 4.38. The van der Waals surface area contributed by atoms with E-state index in [1.165, 1.54) is 0 Å². The number of aromatic nitrogens is 1. The minimum Gasteiger partial charge on any atom is -0.347 e. The fourth-order valence-corrected chi connectivity index (χ4v) is 5.81. The lowest BCUT2D eigenvalue weighted by atomic mass is 9.79. The number of nitrogens with one attached hydrogen (secondary N) is 1. The van der Waals surface area contributed by atoms with Crippen LogP contribution in [0.15, 0.2) is 39.7 Å². The Hall–Kier alpha value is -1.58. The van der Waals surface area contributed by atoms with Crippen LogP contribution in [0.5, 0.6) is 0 Å². The Morgan fingerprint density at radius 3 is 2.50 bits per heavy atom. The third kappa shape index (κ3) is 4.06. The fraction of sp³-hybridized carbons (Fsp3) is 0.474. The van der Waals surface area contributed by atoms with Crippen molar-refractivity contribution in [3.05, 3.63) is 40.9 Å². The maximum atomic E-state index is 12.7. The van der Waals surface area contributed by atoms with E-state index in [1.54, 1.807) is 24.3 Å². The van der Waals surface area contributed by atoms with Crippen LogP contribution in [0.3, 0.4) is 0 Å². The molecule has 4 heterocycles. The number of halogens is 3. The lowest BCUT2D eigenvalue weighted by molar-refractivity contribution is -0.134. The average Bonchev–Trinajstić information content (AvgIpc) is 3.14. The van der Waals surface area contributed by atoms with Gasteiger partial charge in [-0.05, 0) is 63.0 Å². The summed E-state index contributed by atoms with van der Waals surface area (Å²) in [6.07, 6.45) is -1.27. The monoisotopic (exact) mass is 427 g/mol. The molecule has 3 aliphatic rings. The summed E-state index contributed by atoms with van der Waals surface area (Å²) in [5, 5.41) is 3.18. The Balaban J connectivity index is 1.39. The van der Waals surface area contributed by atoms with Crippen LogP contribution in [0.25, 0.3) is 0 Å². The summed E-state index contributed by atoms with van der Waals surface area (Å²) in [4.78, 5) is 18.9. The van der Waals surface area contributed by atoms with Gasteiger partial charge < -0.3 is 5.32 Å². The molecule has 150 valence electrons. The first-order valence-corrected chi connectivity index (χ1v) is 10.8. The van der Waals surface area contributed by atoms with E-state index in [2.05, 4.69) is 22.1 Å². The molecule has 1 aromatic carbocycles. The lowest BCUT2D eigenvalue weighted by Crippen LogP contribution is -2.62. The Kier molecular flexibility index (Phi) is 5.41. The second-order valence-electron chi connectivity index (χ2n) is 7.23. The SMILES string of the molecule is CC1C(NC(=O)c2ccc(Sc3ncc(C(F)(F)F)s3)cc2)C2CCN1CC2. The zero-order valence-electron chi connectivity index (χ0n) is 15.2. The summed E-state index contributed by atoms with van der Waals surface area (Å²) in [5.41, 5.74) is 0.558. The molecule has 2 aromatic rings. The molecule has 9 heteroatoms. The van der Waals surface area contributed by atoms with E-state index < -0.39 is 11.1 Å². The van der Waals surface area contributed by atoms with Gasteiger partial charge in [0.1, 0.15) is 4.88 Å². The Labute approximate surface area is 169 Å². The lowest BCUT2D eigenvalue weighted by Gasteiger charge is -2.49. The van der Waals surface area contributed by atoms with E-state index in [4.69, 9.17) is 0 Å². The predicted octanol–water partition coefficient (Wildman–Crippen LogP) is 4.53. The van der Waals surface area contributed by atoms with Gasteiger partial charge in [0.05, 0.1) is 6.20 Å². The fourth-order valence-electron chi connectivity index (χ4n) is 3.99. The van der Waals surface area contributed by atoms with Crippen molar-refractivity contribution >= 4 is 29.0 Å². The molecule has 0 spiro atoms. The van der Waals surface area contributed by atoms with Crippen LogP contribution in [0.1, 0.15) is 35.0 Å². The highest BCUT2D eigenvalue weighted by atomic mass is 32.2. The summed E-state index contributed by atoms with van der Waals surface area (Å²) < 4.78 is 38.3. The quantitative estimate of drug-likeness (QED) is 0.779. The topological polar surface area (TPSA) is 45.2 Å². The van der Waals surface area contributed by atoms with Gasteiger partial charge >= 0.3 is 6.18 Å². The van der Waals surface area contributed by atoms with Crippen molar-refractivity contribution in [1.29, 1.82) is 0 Å². The maximum absolute atomic E-state index is 12.7. The first-order valence-electron chi connectivity index (χ1n) is 9.17. The van der Waals surface area contributed by atoms with Crippen molar-refractivity contribution in [2.45, 2.75) is 47.3 Å². The zero-order chi connectivity index (χ0) is 19.9. The standard InChI is InChI=1S/C19H20F3N3OS2/c1-11-16(12-6-8-25(11)9-7-12)24-17(26)13-2-4-14(5-3-13)27-18-23-10-15(28-18)19(20,21)22/h2-5,10-12,16H,6-9H2,1H3,(H,24,26). The Morgan fingerprint density at radius 2 is 1.93 bits per heavy atom. The van der Waals surface area contributed by atoms with Gasteiger partial charge in [-0.2, -0.15) is 13.2 Å². The molecule has 0 saturated carbocycles. The smallest absolute Gasteiger partial charge is 0.347 e. The van der Waals surface area contributed by atoms with E-state index in [0.29, 0.717) is 33.2 Å². The number of carbonyl (C=O) groups excluding carboxylic acids is 1. The number of hydrogen-bond donors (Lipinski definition) is 1. The van der Waals surface area contributed by atoms with E-state index in [9.17, 15) is 18.0 Å². The molecule has 28 heavy (non-hydrogen) atoms. The predicted molar refractivity (Wildman–Crippen MR) is 103 cm³/mol. The van der Waals surface area contributed by atoms with Crippen molar-refractivity contribution in [3.8, 4) is 0 Å². The molecular formula is C19H20F3N3OS2. The normalized spacial score (nSPS) is 27.0. The van der Waals surface area contributed by atoms with Crippen LogP contribution in [0.4, 0.5) is 13.2 Å². The molecule has 2 atom stereocenters. The molecule has 3 saturated heterocycles. The largest absolute Gasteiger partial charge is 0.427 e. The average molecular weight is 428 g/mol. The van der Waals surface area contributed by atoms with Crippen LogP contribution in [-0.2, 0) is 6.18 Å². The molecule has 1 amide bonds. The number of thiazole rings is 1. The highest BCUT2D eigenvalue weighted by Gasteiger charge is 2.40. The number of piperidine rings is 3. The summed E-state index contributed by atoms with van der Waals surface area (Å²) in [5.74, 6) is 0.433. The Bertz CT molecular complexity index is 843. The van der Waals surface area contributed by atoms with Gasteiger partial charge in [-0.1, -0.05) is 11.8 Å². The number of carbonyl (C=O) groups is 1. The van der Waals surface area contributed by atoms with Crippen LogP contribution >= 0.6 is 23.1 Å². The number of nitrogens with zero attached hydrogens (tertiary/aromatic N) is 2. The number of fused-ring (bicyclic) bond motifs is 3. The minimum absolute atomic E-state index is 0.101. The van der Waals surface area contributed by atoms with Crippen molar-refractivity contribution in [2.75, 3.05) is 13.1 Å². The van der Waals surface area contributed by atoms with Gasteiger partial charge in [-0.25, -0.2) is 4.98 Å². The third-order valence-electron chi connectivity index (χ3n) is 5.56. The zero-order valence-corrected chi connectivity index (χ0v) is 16.8. The third-order valence-corrected chi connectivity index (χ3v) is 7.69. The second kappa shape index (κ2) is 7.68. The second-order valence-corrected chi connectivity index (χ2v) is 9.58. The number of alkyl halides is 3. The van der Waals surface area contributed by atoms with Crippen LogP contribution in [0.2, 0.25) is 0 Å². The van der Waals surface area contributed by atoms with E-state index in [-0.39, 0.29) is 11.9 Å². The number of rotatable bonds is 4. The first kappa shape index (κ1) is 19.7. The first-order chi connectivity index (χ1) is 13.3. The molecule has 1 aromatic heterocycles. The number of amides is 1. The van der Waals surface area contributed by atoms with Crippen molar-refractivity contribution in [3.63, 3.8) is 0 Å². The van der Waals surface area contributed by atoms with E-state index >= 15 is 0 Å².